The van der Waals surface area contributed by atoms with Gasteiger partial charge in [0.1, 0.15) is 5.75 Å². The van der Waals surface area contributed by atoms with Crippen molar-refractivity contribution in [2.45, 2.75) is 40.5 Å². The number of methoxy groups -OCH3 is 1. The van der Waals surface area contributed by atoms with Gasteiger partial charge in [0, 0.05) is 28.1 Å². The molecule has 2 N–H and O–H groups in total. The molecule has 0 aliphatic carbocycles. The number of carbonyl (C=O) groups is 2. The Morgan fingerprint density at radius 2 is 1.72 bits per heavy atom. The molecule has 2 aromatic carbocycles. The zero-order chi connectivity index (χ0) is 23.0. The van der Waals surface area contributed by atoms with Gasteiger partial charge in [0.05, 0.1) is 24.0 Å². The third-order valence-corrected chi connectivity index (χ3v) is 6.23. The van der Waals surface area contributed by atoms with Gasteiger partial charge in [-0.15, -0.1) is 0 Å². The number of H-pyrrole nitrogens is 2. The van der Waals surface area contributed by atoms with E-state index in [0.717, 1.165) is 39.5 Å². The first-order chi connectivity index (χ1) is 15.3. The smallest absolute Gasteiger partial charge is 0.182 e. The number of hydrogen-bond acceptors (Lipinski definition) is 3. The Kier molecular flexibility index (Phi) is 5.92. The number of carbonyl (C=O) groups excluding carboxylic acids is 2. The minimum Gasteiger partial charge on any atom is -0.495 e. The van der Waals surface area contributed by atoms with Crippen LogP contribution >= 0.6 is 0 Å². The highest BCUT2D eigenvalue weighted by Gasteiger charge is 2.21. The summed E-state index contributed by atoms with van der Waals surface area (Å²) in [5.41, 5.74) is 5.41. The maximum Gasteiger partial charge on any atom is 0.182 e. The number of Topliss-reactive ketones (excluding diaryl/α,β-unsaturated/α-hetero) is 2. The van der Waals surface area contributed by atoms with Gasteiger partial charge in [-0.2, -0.15) is 0 Å². The molecule has 1 atom stereocenters. The van der Waals surface area contributed by atoms with E-state index in [4.69, 9.17) is 4.74 Å². The highest BCUT2D eigenvalue weighted by atomic mass is 16.5. The van der Waals surface area contributed by atoms with E-state index < -0.39 is 0 Å². The van der Waals surface area contributed by atoms with Gasteiger partial charge in [-0.05, 0) is 48.2 Å². The first-order valence-electron chi connectivity index (χ1n) is 11.2. The molecule has 0 fully saturated rings. The molecule has 1 unspecified atom stereocenters. The van der Waals surface area contributed by atoms with Crippen LogP contribution in [0.3, 0.4) is 0 Å². The Labute approximate surface area is 188 Å². The lowest BCUT2D eigenvalue weighted by atomic mass is 9.90. The van der Waals surface area contributed by atoms with Crippen molar-refractivity contribution in [1.29, 1.82) is 0 Å². The van der Waals surface area contributed by atoms with E-state index in [-0.39, 0.29) is 23.4 Å². The van der Waals surface area contributed by atoms with E-state index in [9.17, 15) is 9.59 Å². The SMILES string of the molecule is CCc1c(CC(C)C(=O)c2cc3cccc(OC)c3[nH]2)ccc2[nH]c(C(=O)C(C)C)cc12. The molecule has 5 nitrogen and oxygen atoms in total. The van der Waals surface area contributed by atoms with Crippen molar-refractivity contribution in [3.05, 3.63) is 65.0 Å². The van der Waals surface area contributed by atoms with Crippen LogP contribution in [0.4, 0.5) is 0 Å². The van der Waals surface area contributed by atoms with E-state index in [1.807, 2.05) is 57.2 Å². The summed E-state index contributed by atoms with van der Waals surface area (Å²) < 4.78 is 5.41. The van der Waals surface area contributed by atoms with Crippen molar-refractivity contribution in [3.63, 3.8) is 0 Å². The molecular weight excluding hydrogens is 400 g/mol. The topological polar surface area (TPSA) is 75.0 Å². The average molecular weight is 431 g/mol. The lowest BCUT2D eigenvalue weighted by molar-refractivity contribution is 0.0921. The van der Waals surface area contributed by atoms with Crippen LogP contribution in [0.15, 0.2) is 42.5 Å². The average Bonchev–Trinajstić information content (AvgIpc) is 3.41. The van der Waals surface area contributed by atoms with Crippen LogP contribution in [0, 0.1) is 11.8 Å². The van der Waals surface area contributed by atoms with Gasteiger partial charge in [-0.3, -0.25) is 9.59 Å². The molecule has 166 valence electrons. The standard InChI is InChI=1S/C27H30N2O3/c1-6-19-17(10-11-21-20(19)14-23(28-21)26(30)15(2)3)12-16(4)27(31)22-13-18-8-7-9-24(32-5)25(18)29-22/h7-11,13-16,28-29H,6,12H2,1-5H3. The van der Waals surface area contributed by atoms with Gasteiger partial charge in [-0.1, -0.05) is 45.9 Å². The fourth-order valence-corrected chi connectivity index (χ4v) is 4.48. The van der Waals surface area contributed by atoms with E-state index in [0.29, 0.717) is 17.8 Å². The second-order valence-corrected chi connectivity index (χ2v) is 8.80. The van der Waals surface area contributed by atoms with Crippen molar-refractivity contribution < 1.29 is 14.3 Å². The van der Waals surface area contributed by atoms with E-state index in [1.54, 1.807) is 7.11 Å². The Bertz CT molecular complexity index is 1310. The lowest BCUT2D eigenvalue weighted by Crippen LogP contribution is -2.15. The highest BCUT2D eigenvalue weighted by Crippen LogP contribution is 2.29. The van der Waals surface area contributed by atoms with Crippen LogP contribution in [0.25, 0.3) is 21.8 Å². The fraction of sp³-hybridized carbons (Fsp3) is 0.333. The number of ketones is 2. The second kappa shape index (κ2) is 8.65. The largest absolute Gasteiger partial charge is 0.495 e. The molecule has 0 saturated heterocycles. The molecule has 2 heterocycles. The van der Waals surface area contributed by atoms with Crippen LogP contribution in [0.2, 0.25) is 0 Å². The zero-order valence-electron chi connectivity index (χ0n) is 19.3. The zero-order valence-corrected chi connectivity index (χ0v) is 19.3. The van der Waals surface area contributed by atoms with E-state index >= 15 is 0 Å². The van der Waals surface area contributed by atoms with Crippen LogP contribution < -0.4 is 4.74 Å². The molecule has 32 heavy (non-hydrogen) atoms. The molecule has 0 radical (unpaired) electrons. The Morgan fingerprint density at radius 1 is 0.969 bits per heavy atom. The summed E-state index contributed by atoms with van der Waals surface area (Å²) in [5, 5.41) is 2.04. The molecule has 0 amide bonds. The summed E-state index contributed by atoms with van der Waals surface area (Å²) in [4.78, 5) is 32.2. The number of nitrogens with one attached hydrogen (secondary N) is 2. The first kappa shape index (κ1) is 21.9. The first-order valence-corrected chi connectivity index (χ1v) is 11.2. The predicted molar refractivity (Wildman–Crippen MR) is 129 cm³/mol. The second-order valence-electron chi connectivity index (χ2n) is 8.80. The normalized spacial score (nSPS) is 12.6. The van der Waals surface area contributed by atoms with E-state index in [2.05, 4.69) is 23.0 Å². The quantitative estimate of drug-likeness (QED) is 0.331. The molecule has 0 bridgehead atoms. The summed E-state index contributed by atoms with van der Waals surface area (Å²) in [6, 6.07) is 13.7. The molecular formula is C27H30N2O3. The third-order valence-electron chi connectivity index (χ3n) is 6.23. The highest BCUT2D eigenvalue weighted by molar-refractivity contribution is 6.02. The number of benzene rings is 2. The van der Waals surface area contributed by atoms with Crippen LogP contribution in [0.1, 0.15) is 59.8 Å². The number of aromatic nitrogens is 2. The monoisotopic (exact) mass is 430 g/mol. The Balaban J connectivity index is 1.63. The summed E-state index contributed by atoms with van der Waals surface area (Å²) in [6.45, 7) is 7.91. The van der Waals surface area contributed by atoms with Crippen LogP contribution in [-0.4, -0.2) is 28.6 Å². The van der Waals surface area contributed by atoms with Gasteiger partial charge >= 0.3 is 0 Å². The molecule has 4 rings (SSSR count). The van der Waals surface area contributed by atoms with Crippen molar-refractivity contribution in [3.8, 4) is 5.75 Å². The van der Waals surface area contributed by atoms with Gasteiger partial charge in [-0.25, -0.2) is 0 Å². The van der Waals surface area contributed by atoms with Gasteiger partial charge in [0.2, 0.25) is 0 Å². The van der Waals surface area contributed by atoms with Crippen molar-refractivity contribution in [1.82, 2.24) is 9.97 Å². The fourth-order valence-electron chi connectivity index (χ4n) is 4.48. The predicted octanol–water partition coefficient (Wildman–Crippen LogP) is 6.12. The summed E-state index contributed by atoms with van der Waals surface area (Å²) in [6.07, 6.45) is 1.48. The Hall–Kier alpha value is -3.34. The van der Waals surface area contributed by atoms with Crippen LogP contribution in [-0.2, 0) is 12.8 Å². The Morgan fingerprint density at radius 3 is 2.41 bits per heavy atom. The summed E-state index contributed by atoms with van der Waals surface area (Å²) >= 11 is 0. The number of aromatic amines is 2. The summed E-state index contributed by atoms with van der Waals surface area (Å²) in [5.74, 6) is 0.678. The molecule has 0 aliphatic heterocycles. The van der Waals surface area contributed by atoms with Gasteiger partial charge < -0.3 is 14.7 Å². The van der Waals surface area contributed by atoms with Crippen molar-refractivity contribution in [2.24, 2.45) is 11.8 Å². The van der Waals surface area contributed by atoms with E-state index in [1.165, 1.54) is 5.56 Å². The van der Waals surface area contributed by atoms with Crippen molar-refractivity contribution >= 4 is 33.4 Å². The lowest BCUT2D eigenvalue weighted by Gasteiger charge is -2.14. The van der Waals surface area contributed by atoms with Crippen LogP contribution in [0.5, 0.6) is 5.75 Å². The maximum atomic E-state index is 13.2. The molecule has 4 aromatic rings. The number of fused-ring (bicyclic) bond motifs is 2. The molecule has 0 spiro atoms. The summed E-state index contributed by atoms with van der Waals surface area (Å²) in [7, 11) is 1.63. The number of ether oxygens (including phenoxy) is 1. The number of rotatable bonds is 8. The number of para-hydroxylation sites is 1. The van der Waals surface area contributed by atoms with Crippen molar-refractivity contribution in [2.75, 3.05) is 7.11 Å². The number of hydrogen-bond donors (Lipinski definition) is 2. The number of aryl methyl sites for hydroxylation is 1. The maximum absolute atomic E-state index is 13.2. The van der Waals surface area contributed by atoms with Gasteiger partial charge in [0.25, 0.3) is 0 Å². The molecule has 5 heteroatoms. The third kappa shape index (κ3) is 3.83. The molecule has 0 saturated carbocycles. The molecule has 2 aromatic heterocycles. The minimum atomic E-state index is -0.187. The minimum absolute atomic E-state index is 0.0554. The molecule has 0 aliphatic rings. The van der Waals surface area contributed by atoms with Gasteiger partial charge in [0.15, 0.2) is 11.6 Å².